The van der Waals surface area contributed by atoms with Crippen molar-refractivity contribution in [3.8, 4) is 0 Å². The van der Waals surface area contributed by atoms with Gasteiger partial charge >= 0.3 is 0 Å². The van der Waals surface area contributed by atoms with E-state index in [1.54, 1.807) is 0 Å². The van der Waals surface area contributed by atoms with Crippen molar-refractivity contribution in [1.29, 1.82) is 0 Å². The van der Waals surface area contributed by atoms with Crippen molar-refractivity contribution in [3.63, 3.8) is 0 Å². The Morgan fingerprint density at radius 2 is 1.87 bits per heavy atom. The number of nitrogens with one attached hydrogen (secondary N) is 1. The van der Waals surface area contributed by atoms with E-state index in [4.69, 9.17) is 0 Å². The third kappa shape index (κ3) is 2.04. The first-order chi connectivity index (χ1) is 7.12. The standard InChI is InChI=1S/C11H17NO3/c13-9-5-4-8(10(14)12-9)11(15)6-2-1-3-7-11/h8,15H,1-7H2,(H,12,13,14). The molecule has 1 aliphatic heterocycles. The van der Waals surface area contributed by atoms with Gasteiger partial charge in [-0.1, -0.05) is 19.3 Å². The maximum atomic E-state index is 11.6. The van der Waals surface area contributed by atoms with Crippen LogP contribution in [0.3, 0.4) is 0 Å². The third-order valence-corrected chi connectivity index (χ3v) is 3.61. The Bertz CT molecular complexity index is 282. The maximum absolute atomic E-state index is 11.6. The lowest BCUT2D eigenvalue weighted by Crippen LogP contribution is -2.52. The van der Waals surface area contributed by atoms with E-state index in [1.165, 1.54) is 0 Å². The fourth-order valence-electron chi connectivity index (χ4n) is 2.72. The molecule has 2 amide bonds. The fraction of sp³-hybridized carbons (Fsp3) is 0.818. The summed E-state index contributed by atoms with van der Waals surface area (Å²) in [5.74, 6) is -0.873. The third-order valence-electron chi connectivity index (χ3n) is 3.61. The van der Waals surface area contributed by atoms with E-state index in [9.17, 15) is 14.7 Å². The van der Waals surface area contributed by atoms with Crippen LogP contribution < -0.4 is 5.32 Å². The summed E-state index contributed by atoms with van der Waals surface area (Å²) >= 11 is 0. The van der Waals surface area contributed by atoms with Gasteiger partial charge in [0.1, 0.15) is 0 Å². The second kappa shape index (κ2) is 3.93. The molecule has 1 aliphatic carbocycles. The zero-order valence-corrected chi connectivity index (χ0v) is 8.79. The smallest absolute Gasteiger partial charge is 0.232 e. The highest BCUT2D eigenvalue weighted by Crippen LogP contribution is 2.37. The molecule has 84 valence electrons. The molecule has 0 aromatic carbocycles. The van der Waals surface area contributed by atoms with E-state index in [0.717, 1.165) is 19.3 Å². The number of hydrogen-bond donors (Lipinski definition) is 2. The van der Waals surface area contributed by atoms with Crippen LogP contribution in [0.1, 0.15) is 44.9 Å². The molecule has 0 radical (unpaired) electrons. The Morgan fingerprint density at radius 3 is 2.47 bits per heavy atom. The first-order valence-corrected chi connectivity index (χ1v) is 5.68. The number of rotatable bonds is 1. The molecule has 4 nitrogen and oxygen atoms in total. The molecule has 0 aromatic heterocycles. The average Bonchev–Trinajstić information content (AvgIpc) is 2.18. The van der Waals surface area contributed by atoms with E-state index in [2.05, 4.69) is 5.32 Å². The van der Waals surface area contributed by atoms with Gasteiger partial charge in [-0.15, -0.1) is 0 Å². The normalized spacial score (nSPS) is 31.1. The summed E-state index contributed by atoms with van der Waals surface area (Å²) in [7, 11) is 0. The summed E-state index contributed by atoms with van der Waals surface area (Å²) in [4.78, 5) is 22.6. The monoisotopic (exact) mass is 211 g/mol. The Morgan fingerprint density at radius 1 is 1.20 bits per heavy atom. The van der Waals surface area contributed by atoms with Crippen LogP contribution in [-0.2, 0) is 9.59 Å². The topological polar surface area (TPSA) is 66.4 Å². The van der Waals surface area contributed by atoms with Crippen LogP contribution >= 0.6 is 0 Å². The number of aliphatic hydroxyl groups is 1. The van der Waals surface area contributed by atoms with E-state index in [1.807, 2.05) is 0 Å². The molecule has 2 aliphatic rings. The lowest BCUT2D eigenvalue weighted by atomic mass is 9.72. The highest BCUT2D eigenvalue weighted by Gasteiger charge is 2.44. The second-order valence-corrected chi connectivity index (χ2v) is 4.67. The fourth-order valence-corrected chi connectivity index (χ4v) is 2.72. The Labute approximate surface area is 89.0 Å². The van der Waals surface area contributed by atoms with Crippen LogP contribution in [0.15, 0.2) is 0 Å². The van der Waals surface area contributed by atoms with Crippen LogP contribution in [0.5, 0.6) is 0 Å². The van der Waals surface area contributed by atoms with Crippen molar-refractivity contribution in [2.24, 2.45) is 5.92 Å². The molecule has 1 saturated carbocycles. The molecule has 0 spiro atoms. The van der Waals surface area contributed by atoms with Gasteiger partial charge in [0.05, 0.1) is 11.5 Å². The van der Waals surface area contributed by atoms with Gasteiger partial charge in [-0.3, -0.25) is 14.9 Å². The second-order valence-electron chi connectivity index (χ2n) is 4.67. The number of carbonyl (C=O) groups is 2. The van der Waals surface area contributed by atoms with Crippen molar-refractivity contribution in [2.75, 3.05) is 0 Å². The highest BCUT2D eigenvalue weighted by molar-refractivity contribution is 5.99. The van der Waals surface area contributed by atoms with Crippen molar-refractivity contribution < 1.29 is 14.7 Å². The summed E-state index contributed by atoms with van der Waals surface area (Å²) < 4.78 is 0. The average molecular weight is 211 g/mol. The summed E-state index contributed by atoms with van der Waals surface area (Å²) in [6.07, 6.45) is 5.34. The lowest BCUT2D eigenvalue weighted by molar-refractivity contribution is -0.147. The minimum atomic E-state index is -0.858. The molecule has 0 aromatic rings. The van der Waals surface area contributed by atoms with E-state index >= 15 is 0 Å². The molecule has 2 rings (SSSR count). The Kier molecular flexibility index (Phi) is 2.78. The summed E-state index contributed by atoms with van der Waals surface area (Å²) in [5, 5.41) is 12.7. The molecular formula is C11H17NO3. The summed E-state index contributed by atoms with van der Waals surface area (Å²) in [5.41, 5.74) is -0.858. The molecule has 2 N–H and O–H groups in total. The number of hydrogen-bond acceptors (Lipinski definition) is 3. The van der Waals surface area contributed by atoms with Gasteiger partial charge in [0.15, 0.2) is 0 Å². The Hall–Kier alpha value is -0.900. The molecule has 0 bridgehead atoms. The predicted molar refractivity (Wildman–Crippen MR) is 53.9 cm³/mol. The van der Waals surface area contributed by atoms with Crippen molar-refractivity contribution in [2.45, 2.75) is 50.5 Å². The van der Waals surface area contributed by atoms with Crippen LogP contribution in [0, 0.1) is 5.92 Å². The van der Waals surface area contributed by atoms with Crippen molar-refractivity contribution >= 4 is 11.8 Å². The lowest BCUT2D eigenvalue weighted by Gasteiger charge is -2.39. The molecule has 4 heteroatoms. The Balaban J connectivity index is 2.08. The molecule has 1 unspecified atom stereocenters. The number of piperidine rings is 1. The van der Waals surface area contributed by atoms with Gasteiger partial charge in [-0.25, -0.2) is 0 Å². The van der Waals surface area contributed by atoms with E-state index in [0.29, 0.717) is 25.7 Å². The van der Waals surface area contributed by atoms with Gasteiger partial charge in [0, 0.05) is 6.42 Å². The number of amides is 2. The largest absolute Gasteiger partial charge is 0.389 e. The first kappa shape index (κ1) is 10.6. The van der Waals surface area contributed by atoms with Gasteiger partial charge in [-0.05, 0) is 19.3 Å². The maximum Gasteiger partial charge on any atom is 0.232 e. The van der Waals surface area contributed by atoms with Crippen molar-refractivity contribution in [3.05, 3.63) is 0 Å². The quantitative estimate of drug-likeness (QED) is 0.628. The molecule has 1 heterocycles. The van der Waals surface area contributed by atoms with Crippen molar-refractivity contribution in [1.82, 2.24) is 5.32 Å². The molecule has 1 atom stereocenters. The molecule has 15 heavy (non-hydrogen) atoms. The minimum absolute atomic E-state index is 0.212. The summed E-state index contributed by atoms with van der Waals surface area (Å²) in [6, 6.07) is 0. The van der Waals surface area contributed by atoms with Crippen LogP contribution in [-0.4, -0.2) is 22.5 Å². The summed E-state index contributed by atoms with van der Waals surface area (Å²) in [6.45, 7) is 0. The SMILES string of the molecule is O=C1CCC(C2(O)CCCCC2)C(=O)N1. The van der Waals surface area contributed by atoms with Crippen LogP contribution in [0.25, 0.3) is 0 Å². The van der Waals surface area contributed by atoms with Gasteiger partial charge in [0.2, 0.25) is 11.8 Å². The van der Waals surface area contributed by atoms with Gasteiger partial charge in [0.25, 0.3) is 0 Å². The van der Waals surface area contributed by atoms with E-state index < -0.39 is 5.60 Å². The van der Waals surface area contributed by atoms with Gasteiger partial charge < -0.3 is 5.11 Å². The van der Waals surface area contributed by atoms with Gasteiger partial charge in [-0.2, -0.15) is 0 Å². The van der Waals surface area contributed by atoms with E-state index in [-0.39, 0.29) is 17.7 Å². The number of carbonyl (C=O) groups excluding carboxylic acids is 2. The highest BCUT2D eigenvalue weighted by atomic mass is 16.3. The zero-order chi connectivity index (χ0) is 10.9. The molecule has 1 saturated heterocycles. The predicted octanol–water partition coefficient (Wildman–Crippen LogP) is 0.734. The van der Waals surface area contributed by atoms with Crippen LogP contribution in [0.4, 0.5) is 0 Å². The first-order valence-electron chi connectivity index (χ1n) is 5.68. The van der Waals surface area contributed by atoms with Crippen LogP contribution in [0.2, 0.25) is 0 Å². The molecular weight excluding hydrogens is 194 g/mol. The zero-order valence-electron chi connectivity index (χ0n) is 8.79. The number of imide groups is 1. The molecule has 2 fully saturated rings. The minimum Gasteiger partial charge on any atom is -0.389 e.